The van der Waals surface area contributed by atoms with Crippen LogP contribution in [0.1, 0.15) is 32.1 Å². The van der Waals surface area contributed by atoms with E-state index in [0.717, 1.165) is 12.8 Å². The number of piperidine rings is 1. The smallest absolute Gasteiger partial charge is 0.217 e. The minimum Gasteiger partial charge on any atom is -0.409 e. The molecule has 0 bridgehead atoms. The van der Waals surface area contributed by atoms with Gasteiger partial charge in [-0.25, -0.2) is 16.8 Å². The van der Waals surface area contributed by atoms with Crippen LogP contribution in [0.15, 0.2) is 5.16 Å². The molecule has 0 aromatic carbocycles. The van der Waals surface area contributed by atoms with Gasteiger partial charge < -0.3 is 10.9 Å². The lowest BCUT2D eigenvalue weighted by Gasteiger charge is -2.37. The Morgan fingerprint density at radius 1 is 1.19 bits per heavy atom. The molecule has 0 amide bonds. The third kappa shape index (κ3) is 3.49. The van der Waals surface area contributed by atoms with E-state index >= 15 is 0 Å². The average molecular weight is 339 g/mol. The molecule has 0 aromatic rings. The molecule has 2 fully saturated rings. The summed E-state index contributed by atoms with van der Waals surface area (Å²) in [5.41, 5.74) is 5.61. The van der Waals surface area contributed by atoms with E-state index in [1.807, 2.05) is 0 Å². The molecule has 2 rings (SSSR count). The molecule has 0 spiro atoms. The van der Waals surface area contributed by atoms with E-state index in [9.17, 15) is 16.8 Å². The minimum atomic E-state index is -3.64. The lowest BCUT2D eigenvalue weighted by atomic mass is 10.0. The maximum Gasteiger partial charge on any atom is 0.217 e. The zero-order chi connectivity index (χ0) is 15.7. The zero-order valence-corrected chi connectivity index (χ0v) is 13.3. The molecule has 0 aliphatic carbocycles. The van der Waals surface area contributed by atoms with Crippen molar-refractivity contribution >= 4 is 25.7 Å². The number of hydrogen-bond donors (Lipinski definition) is 2. The fourth-order valence-corrected chi connectivity index (χ4v) is 6.89. The van der Waals surface area contributed by atoms with Crippen LogP contribution in [0.3, 0.4) is 0 Å². The van der Waals surface area contributed by atoms with Gasteiger partial charge in [0.1, 0.15) is 9.84 Å². The number of sulfone groups is 1. The average Bonchev–Trinajstić information content (AvgIpc) is 2.46. The van der Waals surface area contributed by atoms with Crippen LogP contribution in [0.5, 0.6) is 0 Å². The van der Waals surface area contributed by atoms with E-state index in [-0.39, 0.29) is 30.2 Å². The lowest BCUT2D eigenvalue weighted by Crippen LogP contribution is -2.54. The van der Waals surface area contributed by atoms with Crippen molar-refractivity contribution in [2.24, 2.45) is 10.9 Å². The number of hydrogen-bond acceptors (Lipinski definition) is 6. The number of nitrogens with two attached hydrogens (primary N) is 1. The predicted molar refractivity (Wildman–Crippen MR) is 78.3 cm³/mol. The highest BCUT2D eigenvalue weighted by Crippen LogP contribution is 2.28. The standard InChI is InChI=1S/C11H21N3O5S2/c12-11(13-15)10-3-1-2-6-14(10)21(18,19)9-4-7-20(16,17)8-5-9/h9-10,15H,1-8H2,(H2,12,13). The minimum absolute atomic E-state index is 0.0982. The zero-order valence-electron chi connectivity index (χ0n) is 11.7. The molecule has 2 saturated heterocycles. The monoisotopic (exact) mass is 339 g/mol. The molecule has 1 atom stereocenters. The fraction of sp³-hybridized carbons (Fsp3) is 0.909. The predicted octanol–water partition coefficient (Wildman–Crippen LogP) is -0.506. The van der Waals surface area contributed by atoms with Crippen molar-refractivity contribution in [3.8, 4) is 0 Å². The quantitative estimate of drug-likeness (QED) is 0.308. The molecule has 21 heavy (non-hydrogen) atoms. The van der Waals surface area contributed by atoms with Crippen LogP contribution in [-0.2, 0) is 19.9 Å². The molecular weight excluding hydrogens is 318 g/mol. The SMILES string of the molecule is NC(=NO)C1CCCCN1S(=O)(=O)C1CCS(=O)(=O)CC1. The first kappa shape index (κ1) is 16.5. The van der Waals surface area contributed by atoms with Crippen molar-refractivity contribution in [2.45, 2.75) is 43.4 Å². The first-order chi connectivity index (χ1) is 9.78. The summed E-state index contributed by atoms with van der Waals surface area (Å²) in [6, 6.07) is -0.632. The molecular formula is C11H21N3O5S2. The Kier molecular flexibility index (Phi) is 4.79. The summed E-state index contributed by atoms with van der Waals surface area (Å²) in [5.74, 6) is -0.306. The molecule has 10 heteroatoms. The molecule has 3 N–H and O–H groups in total. The van der Waals surface area contributed by atoms with Gasteiger partial charge in [0.15, 0.2) is 5.84 Å². The van der Waals surface area contributed by atoms with Gasteiger partial charge in [-0.1, -0.05) is 11.6 Å². The summed E-state index contributed by atoms with van der Waals surface area (Å²) in [6.07, 6.45) is 2.28. The van der Waals surface area contributed by atoms with Gasteiger partial charge in [-0.3, -0.25) is 0 Å². The summed E-state index contributed by atoms with van der Waals surface area (Å²) in [4.78, 5) is 0. The molecule has 2 heterocycles. The van der Waals surface area contributed by atoms with E-state index in [0.29, 0.717) is 13.0 Å². The Hall–Kier alpha value is -0.870. The fourth-order valence-electron chi connectivity index (χ4n) is 2.93. The van der Waals surface area contributed by atoms with Gasteiger partial charge in [0.05, 0.1) is 22.8 Å². The normalized spacial score (nSPS) is 29.3. The van der Waals surface area contributed by atoms with Crippen molar-refractivity contribution in [3.63, 3.8) is 0 Å². The number of rotatable bonds is 3. The largest absolute Gasteiger partial charge is 0.409 e. The van der Waals surface area contributed by atoms with Crippen LogP contribution in [0.2, 0.25) is 0 Å². The van der Waals surface area contributed by atoms with Gasteiger partial charge in [0.25, 0.3) is 0 Å². The Morgan fingerprint density at radius 2 is 1.81 bits per heavy atom. The summed E-state index contributed by atoms with van der Waals surface area (Å²) in [7, 11) is -6.76. The van der Waals surface area contributed by atoms with Gasteiger partial charge in [0.2, 0.25) is 10.0 Å². The number of sulfonamides is 1. The van der Waals surface area contributed by atoms with E-state index in [2.05, 4.69) is 5.16 Å². The highest BCUT2D eigenvalue weighted by atomic mass is 32.2. The van der Waals surface area contributed by atoms with Gasteiger partial charge in [-0.15, -0.1) is 0 Å². The van der Waals surface area contributed by atoms with Gasteiger partial charge in [-0.2, -0.15) is 4.31 Å². The summed E-state index contributed by atoms with van der Waals surface area (Å²) >= 11 is 0. The van der Waals surface area contributed by atoms with Crippen molar-refractivity contribution in [1.29, 1.82) is 0 Å². The Balaban J connectivity index is 2.21. The van der Waals surface area contributed by atoms with Crippen LogP contribution in [0, 0.1) is 0 Å². The number of nitrogens with zero attached hydrogens (tertiary/aromatic N) is 2. The summed E-state index contributed by atoms with van der Waals surface area (Å²) in [5, 5.41) is 11.0. The third-order valence-electron chi connectivity index (χ3n) is 4.16. The lowest BCUT2D eigenvalue weighted by molar-refractivity contribution is 0.278. The van der Waals surface area contributed by atoms with Crippen LogP contribution in [-0.4, -0.2) is 61.5 Å². The topological polar surface area (TPSA) is 130 Å². The van der Waals surface area contributed by atoms with Crippen LogP contribution < -0.4 is 5.73 Å². The van der Waals surface area contributed by atoms with Crippen molar-refractivity contribution < 1.29 is 22.0 Å². The second kappa shape index (κ2) is 6.09. The number of oxime groups is 1. The first-order valence-electron chi connectivity index (χ1n) is 6.96. The molecule has 1 unspecified atom stereocenters. The van der Waals surface area contributed by atoms with Crippen molar-refractivity contribution in [2.75, 3.05) is 18.1 Å². The van der Waals surface area contributed by atoms with Gasteiger partial charge in [0, 0.05) is 6.54 Å². The highest BCUT2D eigenvalue weighted by Gasteiger charge is 2.41. The van der Waals surface area contributed by atoms with E-state index in [1.54, 1.807) is 0 Å². The maximum atomic E-state index is 12.7. The molecule has 2 aliphatic rings. The summed E-state index contributed by atoms with van der Waals surface area (Å²) < 4.78 is 49.6. The highest BCUT2D eigenvalue weighted by molar-refractivity contribution is 7.92. The van der Waals surface area contributed by atoms with Crippen LogP contribution in [0.25, 0.3) is 0 Å². The van der Waals surface area contributed by atoms with E-state index < -0.39 is 31.2 Å². The van der Waals surface area contributed by atoms with E-state index in [4.69, 9.17) is 10.9 Å². The second-order valence-corrected chi connectivity index (χ2v) is 10.0. The van der Waals surface area contributed by atoms with Crippen LogP contribution in [0.4, 0.5) is 0 Å². The Bertz CT molecular complexity index is 600. The first-order valence-corrected chi connectivity index (χ1v) is 10.3. The molecule has 0 aromatic heterocycles. The van der Waals surface area contributed by atoms with E-state index in [1.165, 1.54) is 4.31 Å². The molecule has 8 nitrogen and oxygen atoms in total. The summed E-state index contributed by atoms with van der Waals surface area (Å²) in [6.45, 7) is 0.326. The third-order valence-corrected chi connectivity index (χ3v) is 8.28. The Morgan fingerprint density at radius 3 is 2.38 bits per heavy atom. The second-order valence-electron chi connectivity index (χ2n) is 5.54. The molecule has 2 aliphatic heterocycles. The number of amidine groups is 1. The molecule has 0 saturated carbocycles. The van der Waals surface area contributed by atoms with Crippen molar-refractivity contribution in [3.05, 3.63) is 0 Å². The van der Waals surface area contributed by atoms with Gasteiger partial charge in [-0.05, 0) is 25.7 Å². The molecule has 0 radical (unpaired) electrons. The Labute approximate surface area is 125 Å². The van der Waals surface area contributed by atoms with Gasteiger partial charge >= 0.3 is 0 Å². The van der Waals surface area contributed by atoms with Crippen LogP contribution >= 0.6 is 0 Å². The molecule has 122 valence electrons. The maximum absolute atomic E-state index is 12.7. The van der Waals surface area contributed by atoms with Crippen molar-refractivity contribution in [1.82, 2.24) is 4.31 Å².